The number of hydrogen-bond acceptors (Lipinski definition) is 5. The van der Waals surface area contributed by atoms with E-state index in [1.165, 1.54) is 12.1 Å². The molecule has 1 atom stereocenters. The minimum Gasteiger partial charge on any atom is -0.456 e. The van der Waals surface area contributed by atoms with Crippen molar-refractivity contribution in [3.8, 4) is 11.5 Å². The van der Waals surface area contributed by atoms with E-state index < -0.39 is 23.3 Å². The molecular weight excluding hydrogens is 565 g/mol. The third kappa shape index (κ3) is 4.37. The summed E-state index contributed by atoms with van der Waals surface area (Å²) in [6, 6.07) is 31.6. The number of ether oxygens (including phenoxy) is 2. The topological polar surface area (TPSA) is 50.8 Å². The molecule has 0 aromatic heterocycles. The number of anilines is 4. The predicted molar refractivity (Wildman–Crippen MR) is 163 cm³/mol. The number of aryl methyl sites for hydroxylation is 1. The molecular formula is C36H27F3N2O3. The lowest BCUT2D eigenvalue weighted by Crippen LogP contribution is -2.33. The van der Waals surface area contributed by atoms with Crippen LogP contribution in [0.4, 0.5) is 35.9 Å². The molecule has 2 aliphatic heterocycles. The summed E-state index contributed by atoms with van der Waals surface area (Å²) >= 11 is 0. The highest BCUT2D eigenvalue weighted by Crippen LogP contribution is 2.57. The molecule has 2 aliphatic rings. The third-order valence-corrected chi connectivity index (χ3v) is 8.23. The first kappa shape index (κ1) is 27.6. The van der Waals surface area contributed by atoms with E-state index in [1.54, 1.807) is 24.3 Å². The molecule has 0 amide bonds. The minimum atomic E-state index is -4.42. The molecule has 1 N–H and O–H groups in total. The van der Waals surface area contributed by atoms with Crippen LogP contribution in [0, 0.1) is 6.92 Å². The summed E-state index contributed by atoms with van der Waals surface area (Å²) in [6.07, 6.45) is -4.42. The zero-order valence-corrected chi connectivity index (χ0v) is 23.9. The van der Waals surface area contributed by atoms with Gasteiger partial charge in [0.15, 0.2) is 5.60 Å². The number of halogens is 3. The van der Waals surface area contributed by atoms with Crippen LogP contribution in [-0.4, -0.2) is 12.5 Å². The van der Waals surface area contributed by atoms with E-state index in [0.29, 0.717) is 45.1 Å². The highest BCUT2D eigenvalue weighted by molar-refractivity contribution is 5.97. The fourth-order valence-electron chi connectivity index (χ4n) is 6.17. The smallest absolute Gasteiger partial charge is 0.416 e. The maximum absolute atomic E-state index is 13.3. The Morgan fingerprint density at radius 1 is 0.773 bits per heavy atom. The van der Waals surface area contributed by atoms with Gasteiger partial charge in [-0.3, -0.25) is 0 Å². The number of hydrogen-bond donors (Lipinski definition) is 1. The maximum atomic E-state index is 13.3. The van der Waals surface area contributed by atoms with Gasteiger partial charge in [-0.25, -0.2) is 4.79 Å². The second-order valence-corrected chi connectivity index (χ2v) is 10.8. The molecule has 5 aromatic rings. The van der Waals surface area contributed by atoms with Crippen LogP contribution in [0.3, 0.4) is 0 Å². The zero-order chi connectivity index (χ0) is 30.6. The highest BCUT2D eigenvalue weighted by Gasteiger charge is 2.53. The van der Waals surface area contributed by atoms with Crippen molar-refractivity contribution in [1.82, 2.24) is 0 Å². The van der Waals surface area contributed by atoms with Gasteiger partial charge in [0.1, 0.15) is 11.5 Å². The molecule has 0 saturated heterocycles. The van der Waals surface area contributed by atoms with Gasteiger partial charge in [-0.15, -0.1) is 0 Å². The second kappa shape index (κ2) is 10.2. The quantitative estimate of drug-likeness (QED) is 0.206. The molecule has 5 nitrogen and oxygen atoms in total. The molecule has 7 rings (SSSR count). The van der Waals surface area contributed by atoms with E-state index >= 15 is 0 Å². The van der Waals surface area contributed by atoms with Crippen molar-refractivity contribution in [3.05, 3.63) is 143 Å². The monoisotopic (exact) mass is 592 g/mol. The molecule has 1 spiro atoms. The van der Waals surface area contributed by atoms with Gasteiger partial charge in [0, 0.05) is 52.1 Å². The molecule has 1 unspecified atom stereocenters. The Labute approximate surface area is 252 Å². The lowest BCUT2D eigenvalue weighted by molar-refractivity contribution is -0.137. The van der Waals surface area contributed by atoms with Gasteiger partial charge in [-0.1, -0.05) is 36.4 Å². The Morgan fingerprint density at radius 3 is 2.25 bits per heavy atom. The first-order valence-electron chi connectivity index (χ1n) is 14.3. The van der Waals surface area contributed by atoms with Gasteiger partial charge in [-0.2, -0.15) is 13.2 Å². The van der Waals surface area contributed by atoms with Crippen LogP contribution in [0.15, 0.2) is 109 Å². The van der Waals surface area contributed by atoms with E-state index in [0.717, 1.165) is 35.6 Å². The molecule has 44 heavy (non-hydrogen) atoms. The van der Waals surface area contributed by atoms with Crippen LogP contribution in [-0.2, 0) is 16.5 Å². The molecule has 0 bridgehead atoms. The molecule has 0 fully saturated rings. The van der Waals surface area contributed by atoms with Gasteiger partial charge in [0.25, 0.3) is 0 Å². The number of nitrogens with zero attached hydrogens (tertiary/aromatic N) is 1. The number of para-hydroxylation sites is 1. The van der Waals surface area contributed by atoms with Crippen LogP contribution >= 0.6 is 0 Å². The molecule has 0 radical (unpaired) electrons. The Kier molecular flexibility index (Phi) is 6.39. The van der Waals surface area contributed by atoms with Crippen LogP contribution in [0.1, 0.15) is 45.1 Å². The Balaban J connectivity index is 1.35. The van der Waals surface area contributed by atoms with Gasteiger partial charge in [-0.05, 0) is 86.1 Å². The van der Waals surface area contributed by atoms with Gasteiger partial charge < -0.3 is 19.7 Å². The second-order valence-electron chi connectivity index (χ2n) is 10.8. The summed E-state index contributed by atoms with van der Waals surface area (Å²) in [5.41, 5.74) is 4.67. The summed E-state index contributed by atoms with van der Waals surface area (Å²) in [5.74, 6) is 0.630. The molecule has 0 saturated carbocycles. The highest BCUT2D eigenvalue weighted by atomic mass is 19.4. The minimum absolute atomic E-state index is 0.445. The van der Waals surface area contributed by atoms with E-state index in [4.69, 9.17) is 9.47 Å². The molecule has 5 aromatic carbocycles. The number of fused-ring (bicyclic) bond motifs is 6. The summed E-state index contributed by atoms with van der Waals surface area (Å²) in [4.78, 5) is 15.5. The van der Waals surface area contributed by atoms with Crippen LogP contribution in [0.2, 0.25) is 0 Å². The lowest BCUT2D eigenvalue weighted by atomic mass is 9.77. The number of benzene rings is 5. The zero-order valence-electron chi connectivity index (χ0n) is 23.9. The lowest BCUT2D eigenvalue weighted by Gasteiger charge is -2.37. The van der Waals surface area contributed by atoms with Crippen molar-refractivity contribution < 1.29 is 27.4 Å². The van der Waals surface area contributed by atoms with Crippen LogP contribution in [0.5, 0.6) is 11.5 Å². The molecule has 8 heteroatoms. The summed E-state index contributed by atoms with van der Waals surface area (Å²) < 4.78 is 52.1. The van der Waals surface area contributed by atoms with Gasteiger partial charge >= 0.3 is 12.1 Å². The van der Waals surface area contributed by atoms with Gasteiger partial charge in [0.2, 0.25) is 0 Å². The first-order chi connectivity index (χ1) is 21.2. The number of nitrogens with one attached hydrogen (secondary N) is 1. The first-order valence-corrected chi connectivity index (χ1v) is 14.3. The number of carbonyl (C=O) groups is 1. The number of esters is 1. The average Bonchev–Trinajstić information content (AvgIpc) is 3.31. The fourth-order valence-corrected chi connectivity index (χ4v) is 6.17. The van der Waals surface area contributed by atoms with E-state index in [2.05, 4.69) is 36.2 Å². The summed E-state index contributed by atoms with van der Waals surface area (Å²) in [5, 5.41) is 3.18. The molecule has 2 heterocycles. The Hall–Kier alpha value is -5.24. The standard InChI is InChI=1S/C36H27F3N2O3/c1-3-41(31-11-7-4-8-22(31)2)26-17-18-29-33(21-26)43-32-19-16-25(40-24-14-12-23(13-15-24)36(37,38)39)20-30(32)35(29)28-10-6-5-9-27(28)34(42)44-35/h4-21,40H,3H2,1-2H3. The van der Waals surface area contributed by atoms with Crippen molar-refractivity contribution in [2.24, 2.45) is 0 Å². The fraction of sp³-hybridized carbons (Fsp3) is 0.139. The third-order valence-electron chi connectivity index (χ3n) is 8.23. The van der Waals surface area contributed by atoms with Crippen LogP contribution in [0.25, 0.3) is 0 Å². The summed E-state index contributed by atoms with van der Waals surface area (Å²) in [6.45, 7) is 4.88. The maximum Gasteiger partial charge on any atom is 0.416 e. The number of rotatable bonds is 5. The molecule has 220 valence electrons. The van der Waals surface area contributed by atoms with Crippen molar-refractivity contribution in [2.45, 2.75) is 25.6 Å². The Bertz CT molecular complexity index is 1920. The van der Waals surface area contributed by atoms with E-state index in [9.17, 15) is 18.0 Å². The predicted octanol–water partition coefficient (Wildman–Crippen LogP) is 9.48. The van der Waals surface area contributed by atoms with Crippen molar-refractivity contribution in [3.63, 3.8) is 0 Å². The van der Waals surface area contributed by atoms with E-state index in [1.807, 2.05) is 48.5 Å². The Morgan fingerprint density at radius 2 is 1.50 bits per heavy atom. The normalized spacial score (nSPS) is 16.4. The SMILES string of the molecule is CCN(c1ccc2c(c1)Oc1ccc(Nc3ccc(C(F)(F)F)cc3)cc1C21OC(=O)c2ccccc21)c1ccccc1C. The number of carbonyl (C=O) groups excluding carboxylic acids is 1. The van der Waals surface area contributed by atoms with Crippen molar-refractivity contribution in [1.29, 1.82) is 0 Å². The van der Waals surface area contributed by atoms with Crippen molar-refractivity contribution in [2.75, 3.05) is 16.8 Å². The summed E-state index contributed by atoms with van der Waals surface area (Å²) in [7, 11) is 0. The largest absolute Gasteiger partial charge is 0.456 e. The van der Waals surface area contributed by atoms with Crippen LogP contribution < -0.4 is 15.0 Å². The van der Waals surface area contributed by atoms with Gasteiger partial charge in [0.05, 0.1) is 11.1 Å². The molecule has 0 aliphatic carbocycles. The van der Waals surface area contributed by atoms with E-state index in [-0.39, 0.29) is 0 Å². The average molecular weight is 593 g/mol. The number of alkyl halides is 3. The van der Waals surface area contributed by atoms with Crippen molar-refractivity contribution >= 4 is 28.7 Å².